The van der Waals surface area contributed by atoms with E-state index < -0.39 is 5.97 Å². The number of hydrogen-bond acceptors (Lipinski definition) is 5. The SMILES string of the molecule is CCOC(=O)/C=C/c1cccc(CCC(=O)N(c2ccccc2C#N)c2ccccc2C#N)c1. The van der Waals surface area contributed by atoms with Gasteiger partial charge in [-0.2, -0.15) is 10.5 Å². The van der Waals surface area contributed by atoms with Crippen molar-refractivity contribution in [3.8, 4) is 12.1 Å². The number of amides is 1. The molecule has 0 aliphatic rings. The number of carbonyl (C=O) groups is 2. The summed E-state index contributed by atoms with van der Waals surface area (Å²) in [6.45, 7) is 2.06. The number of aryl methyl sites for hydroxylation is 1. The van der Waals surface area contributed by atoms with E-state index in [1.165, 1.54) is 11.0 Å². The van der Waals surface area contributed by atoms with Gasteiger partial charge in [0.1, 0.15) is 12.1 Å². The van der Waals surface area contributed by atoms with Crippen LogP contribution in [-0.4, -0.2) is 18.5 Å². The number of para-hydroxylation sites is 2. The molecule has 0 bridgehead atoms. The third-order valence-corrected chi connectivity index (χ3v) is 5.06. The topological polar surface area (TPSA) is 94.2 Å². The van der Waals surface area contributed by atoms with Crippen molar-refractivity contribution >= 4 is 29.3 Å². The van der Waals surface area contributed by atoms with Gasteiger partial charge in [0, 0.05) is 12.5 Å². The van der Waals surface area contributed by atoms with Gasteiger partial charge in [0.05, 0.1) is 29.1 Å². The molecule has 3 aromatic carbocycles. The van der Waals surface area contributed by atoms with Crippen molar-refractivity contribution in [2.45, 2.75) is 19.8 Å². The second kappa shape index (κ2) is 11.8. The van der Waals surface area contributed by atoms with Crippen molar-refractivity contribution < 1.29 is 14.3 Å². The Bertz CT molecular complexity index is 1240. The molecule has 0 N–H and O–H groups in total. The van der Waals surface area contributed by atoms with Crippen molar-refractivity contribution in [2.24, 2.45) is 0 Å². The second-order valence-corrected chi connectivity index (χ2v) is 7.32. The largest absolute Gasteiger partial charge is 0.463 e. The third-order valence-electron chi connectivity index (χ3n) is 5.06. The number of hydrogen-bond donors (Lipinski definition) is 0. The van der Waals surface area contributed by atoms with E-state index in [0.29, 0.717) is 35.5 Å². The standard InChI is InChI=1S/C28H23N3O3/c1-2-34-28(33)17-15-22-9-7-8-21(18-22)14-16-27(32)31(25-12-5-3-10-23(25)19-29)26-13-6-4-11-24(26)20-30/h3-13,15,17-18H,2,14,16H2,1H3/b17-15+. The molecule has 0 unspecified atom stereocenters. The van der Waals surface area contributed by atoms with Crippen LogP contribution < -0.4 is 4.90 Å². The summed E-state index contributed by atoms with van der Waals surface area (Å²) in [6.07, 6.45) is 3.64. The first kappa shape index (κ1) is 24.0. The second-order valence-electron chi connectivity index (χ2n) is 7.32. The minimum absolute atomic E-state index is 0.157. The van der Waals surface area contributed by atoms with Gasteiger partial charge in [-0.15, -0.1) is 0 Å². The first-order valence-corrected chi connectivity index (χ1v) is 10.8. The molecule has 0 aromatic heterocycles. The van der Waals surface area contributed by atoms with Gasteiger partial charge in [-0.05, 0) is 54.8 Å². The summed E-state index contributed by atoms with van der Waals surface area (Å²) in [6, 6.07) is 25.4. The Morgan fingerprint density at radius 2 is 1.53 bits per heavy atom. The summed E-state index contributed by atoms with van der Waals surface area (Å²) >= 11 is 0. The monoisotopic (exact) mass is 449 g/mol. The quantitative estimate of drug-likeness (QED) is 0.343. The van der Waals surface area contributed by atoms with Crippen LogP contribution in [0.5, 0.6) is 0 Å². The highest BCUT2D eigenvalue weighted by atomic mass is 16.5. The van der Waals surface area contributed by atoms with Crippen molar-refractivity contribution in [1.82, 2.24) is 0 Å². The molecule has 3 aromatic rings. The zero-order valence-electron chi connectivity index (χ0n) is 18.8. The molecule has 0 aliphatic carbocycles. The van der Waals surface area contributed by atoms with Crippen LogP contribution in [0.25, 0.3) is 6.08 Å². The lowest BCUT2D eigenvalue weighted by Crippen LogP contribution is -2.27. The lowest BCUT2D eigenvalue weighted by Gasteiger charge is -2.25. The number of esters is 1. The van der Waals surface area contributed by atoms with E-state index in [1.54, 1.807) is 61.5 Å². The highest BCUT2D eigenvalue weighted by Crippen LogP contribution is 2.32. The fraction of sp³-hybridized carbons (Fsp3) is 0.143. The minimum atomic E-state index is -0.411. The summed E-state index contributed by atoms with van der Waals surface area (Å²) < 4.78 is 4.90. The molecule has 6 heteroatoms. The van der Waals surface area contributed by atoms with E-state index >= 15 is 0 Å². The molecule has 0 radical (unpaired) electrons. The minimum Gasteiger partial charge on any atom is -0.463 e. The smallest absolute Gasteiger partial charge is 0.330 e. The van der Waals surface area contributed by atoms with E-state index in [9.17, 15) is 20.1 Å². The molecular weight excluding hydrogens is 426 g/mol. The fourth-order valence-corrected chi connectivity index (χ4v) is 3.49. The number of benzene rings is 3. The highest BCUT2D eigenvalue weighted by Gasteiger charge is 2.23. The number of anilines is 2. The van der Waals surface area contributed by atoms with Crippen LogP contribution in [0.1, 0.15) is 35.6 Å². The molecule has 168 valence electrons. The Morgan fingerprint density at radius 1 is 0.912 bits per heavy atom. The zero-order valence-corrected chi connectivity index (χ0v) is 18.8. The molecule has 0 atom stereocenters. The van der Waals surface area contributed by atoms with Crippen molar-refractivity contribution in [3.05, 3.63) is 101 Å². The lowest BCUT2D eigenvalue weighted by atomic mass is 10.0. The Labute approximate surface area is 198 Å². The number of nitriles is 2. The molecule has 34 heavy (non-hydrogen) atoms. The molecule has 0 aliphatic heterocycles. The van der Waals surface area contributed by atoms with Gasteiger partial charge < -0.3 is 4.74 Å². The van der Waals surface area contributed by atoms with Gasteiger partial charge in [0.15, 0.2) is 0 Å². The van der Waals surface area contributed by atoms with E-state index in [0.717, 1.165) is 11.1 Å². The first-order valence-electron chi connectivity index (χ1n) is 10.8. The lowest BCUT2D eigenvalue weighted by molar-refractivity contribution is -0.137. The summed E-state index contributed by atoms with van der Waals surface area (Å²) in [7, 11) is 0. The predicted molar refractivity (Wildman–Crippen MR) is 130 cm³/mol. The average Bonchev–Trinajstić information content (AvgIpc) is 2.87. The van der Waals surface area contributed by atoms with Crippen LogP contribution >= 0.6 is 0 Å². The molecule has 6 nitrogen and oxygen atoms in total. The molecule has 0 saturated heterocycles. The molecule has 0 saturated carbocycles. The Hall–Kier alpha value is -4.68. The fourth-order valence-electron chi connectivity index (χ4n) is 3.49. The highest BCUT2D eigenvalue weighted by molar-refractivity contribution is 6.02. The van der Waals surface area contributed by atoms with Crippen LogP contribution in [0, 0.1) is 22.7 Å². The molecule has 0 spiro atoms. The maximum Gasteiger partial charge on any atom is 0.330 e. The van der Waals surface area contributed by atoms with E-state index in [1.807, 2.05) is 24.3 Å². The third kappa shape index (κ3) is 5.97. The number of carbonyl (C=O) groups excluding carboxylic acids is 2. The Morgan fingerprint density at radius 3 is 2.12 bits per heavy atom. The van der Waals surface area contributed by atoms with Crippen molar-refractivity contribution in [3.63, 3.8) is 0 Å². The van der Waals surface area contributed by atoms with Crippen LogP contribution in [0.15, 0.2) is 78.9 Å². The number of rotatable bonds is 8. The van der Waals surface area contributed by atoms with Gasteiger partial charge in [0.25, 0.3) is 0 Å². The zero-order chi connectivity index (χ0) is 24.3. The number of nitrogens with zero attached hydrogens (tertiary/aromatic N) is 3. The van der Waals surface area contributed by atoms with E-state index in [4.69, 9.17) is 4.74 Å². The summed E-state index contributed by atoms with van der Waals surface area (Å²) in [4.78, 5) is 26.5. The Balaban J connectivity index is 1.87. The van der Waals surface area contributed by atoms with Crippen LogP contribution in [0.2, 0.25) is 0 Å². The summed E-state index contributed by atoms with van der Waals surface area (Å²) in [5, 5.41) is 19.2. The first-order chi connectivity index (χ1) is 16.6. The maximum absolute atomic E-state index is 13.5. The van der Waals surface area contributed by atoms with E-state index in [-0.39, 0.29) is 12.3 Å². The Kier molecular flexibility index (Phi) is 8.32. The van der Waals surface area contributed by atoms with Gasteiger partial charge in [0.2, 0.25) is 5.91 Å². The summed E-state index contributed by atoms with van der Waals surface area (Å²) in [5.74, 6) is -0.649. The molecule has 1 amide bonds. The van der Waals surface area contributed by atoms with Crippen LogP contribution in [-0.2, 0) is 20.7 Å². The van der Waals surface area contributed by atoms with Gasteiger partial charge in [-0.25, -0.2) is 4.79 Å². The van der Waals surface area contributed by atoms with E-state index in [2.05, 4.69) is 12.1 Å². The maximum atomic E-state index is 13.5. The summed E-state index contributed by atoms with van der Waals surface area (Å²) in [5.41, 5.74) is 3.29. The van der Waals surface area contributed by atoms with Gasteiger partial charge >= 0.3 is 5.97 Å². The van der Waals surface area contributed by atoms with Crippen molar-refractivity contribution in [1.29, 1.82) is 10.5 Å². The predicted octanol–water partition coefficient (Wildman–Crippen LogP) is 5.30. The molecule has 0 heterocycles. The average molecular weight is 450 g/mol. The number of ether oxygens (including phenoxy) is 1. The molecular formula is C28H23N3O3. The van der Waals surface area contributed by atoms with Crippen LogP contribution in [0.4, 0.5) is 11.4 Å². The van der Waals surface area contributed by atoms with Gasteiger partial charge in [-0.1, -0.05) is 48.5 Å². The van der Waals surface area contributed by atoms with Crippen molar-refractivity contribution in [2.75, 3.05) is 11.5 Å². The normalized spacial score (nSPS) is 10.3. The van der Waals surface area contributed by atoms with Gasteiger partial charge in [-0.3, -0.25) is 9.69 Å². The van der Waals surface area contributed by atoms with Crippen LogP contribution in [0.3, 0.4) is 0 Å². The molecule has 3 rings (SSSR count). The molecule has 0 fully saturated rings.